The van der Waals surface area contributed by atoms with E-state index in [1.165, 1.54) is 0 Å². The Morgan fingerprint density at radius 3 is 2.88 bits per heavy atom. The van der Waals surface area contributed by atoms with Crippen molar-refractivity contribution in [2.75, 3.05) is 6.61 Å². The van der Waals surface area contributed by atoms with E-state index in [2.05, 4.69) is 4.98 Å². The lowest BCUT2D eigenvalue weighted by Gasteiger charge is -2.02. The molecule has 16 heavy (non-hydrogen) atoms. The van der Waals surface area contributed by atoms with E-state index in [1.807, 2.05) is 38.1 Å². The van der Waals surface area contributed by atoms with E-state index in [9.17, 15) is 4.79 Å². The monoisotopic (exact) mass is 217 g/mol. The van der Waals surface area contributed by atoms with Crippen LogP contribution in [0.2, 0.25) is 0 Å². The standard InChI is InChI=1S/C13H15NO2/c1-3-8-16-13(15)12-9(2)14-11-7-5-4-6-10(11)12/h4-7,14H,3,8H2,1-2H3. The Kier molecular flexibility index (Phi) is 2.95. The van der Waals surface area contributed by atoms with Gasteiger partial charge in [0.25, 0.3) is 0 Å². The molecule has 84 valence electrons. The third kappa shape index (κ3) is 1.81. The van der Waals surface area contributed by atoms with Gasteiger partial charge in [0.1, 0.15) is 0 Å². The van der Waals surface area contributed by atoms with Crippen LogP contribution in [0.5, 0.6) is 0 Å². The molecule has 3 nitrogen and oxygen atoms in total. The lowest BCUT2D eigenvalue weighted by molar-refractivity contribution is 0.0506. The molecule has 0 aliphatic heterocycles. The minimum Gasteiger partial charge on any atom is -0.462 e. The fourth-order valence-corrected chi connectivity index (χ4v) is 1.81. The lowest BCUT2D eigenvalue weighted by atomic mass is 10.1. The summed E-state index contributed by atoms with van der Waals surface area (Å²) < 4.78 is 5.17. The van der Waals surface area contributed by atoms with Crippen LogP contribution >= 0.6 is 0 Å². The van der Waals surface area contributed by atoms with Crippen LogP contribution < -0.4 is 0 Å². The fourth-order valence-electron chi connectivity index (χ4n) is 1.81. The molecular weight excluding hydrogens is 202 g/mol. The van der Waals surface area contributed by atoms with Crippen LogP contribution in [0.4, 0.5) is 0 Å². The molecule has 1 aromatic carbocycles. The van der Waals surface area contributed by atoms with E-state index in [0.717, 1.165) is 23.0 Å². The number of benzene rings is 1. The van der Waals surface area contributed by atoms with E-state index in [0.29, 0.717) is 12.2 Å². The van der Waals surface area contributed by atoms with Gasteiger partial charge < -0.3 is 9.72 Å². The van der Waals surface area contributed by atoms with Gasteiger partial charge in [-0.05, 0) is 19.4 Å². The summed E-state index contributed by atoms with van der Waals surface area (Å²) in [6.07, 6.45) is 0.840. The first-order chi connectivity index (χ1) is 7.74. The molecule has 0 aliphatic rings. The second-order valence-electron chi connectivity index (χ2n) is 3.81. The molecule has 0 spiro atoms. The smallest absolute Gasteiger partial charge is 0.340 e. The Hall–Kier alpha value is -1.77. The van der Waals surface area contributed by atoms with E-state index in [-0.39, 0.29) is 5.97 Å². The summed E-state index contributed by atoms with van der Waals surface area (Å²) in [5.74, 6) is -0.239. The summed E-state index contributed by atoms with van der Waals surface area (Å²) in [7, 11) is 0. The summed E-state index contributed by atoms with van der Waals surface area (Å²) in [4.78, 5) is 15.0. The van der Waals surface area contributed by atoms with Crippen molar-refractivity contribution in [1.29, 1.82) is 0 Å². The first-order valence-corrected chi connectivity index (χ1v) is 5.48. The van der Waals surface area contributed by atoms with Crippen LogP contribution in [0.25, 0.3) is 10.9 Å². The third-order valence-electron chi connectivity index (χ3n) is 2.53. The number of fused-ring (bicyclic) bond motifs is 1. The molecular formula is C13H15NO2. The van der Waals surface area contributed by atoms with Gasteiger partial charge in [-0.3, -0.25) is 0 Å². The zero-order valence-corrected chi connectivity index (χ0v) is 9.54. The average Bonchev–Trinajstić information content (AvgIpc) is 2.62. The van der Waals surface area contributed by atoms with Gasteiger partial charge in [0.2, 0.25) is 0 Å². The Labute approximate surface area is 94.4 Å². The molecule has 0 bridgehead atoms. The van der Waals surface area contributed by atoms with Crippen molar-refractivity contribution < 1.29 is 9.53 Å². The van der Waals surface area contributed by atoms with Crippen molar-refractivity contribution in [3.63, 3.8) is 0 Å². The Morgan fingerprint density at radius 2 is 2.12 bits per heavy atom. The highest BCUT2D eigenvalue weighted by Gasteiger charge is 2.16. The number of H-pyrrole nitrogens is 1. The molecule has 0 amide bonds. The molecule has 0 fully saturated rings. The number of rotatable bonds is 3. The Morgan fingerprint density at radius 1 is 1.38 bits per heavy atom. The molecule has 0 atom stereocenters. The summed E-state index contributed by atoms with van der Waals surface area (Å²) >= 11 is 0. The molecule has 1 aromatic heterocycles. The highest BCUT2D eigenvalue weighted by Crippen LogP contribution is 2.22. The topological polar surface area (TPSA) is 42.1 Å². The molecule has 2 aromatic rings. The number of esters is 1. The van der Waals surface area contributed by atoms with Crippen LogP contribution in [0.15, 0.2) is 24.3 Å². The molecule has 0 saturated heterocycles. The number of aromatic nitrogens is 1. The van der Waals surface area contributed by atoms with Crippen LogP contribution in [0.3, 0.4) is 0 Å². The molecule has 0 aliphatic carbocycles. The van der Waals surface area contributed by atoms with Crippen molar-refractivity contribution in [2.24, 2.45) is 0 Å². The van der Waals surface area contributed by atoms with Gasteiger partial charge in [0, 0.05) is 16.6 Å². The van der Waals surface area contributed by atoms with Crippen LogP contribution in [-0.2, 0) is 4.74 Å². The lowest BCUT2D eigenvalue weighted by Crippen LogP contribution is -2.06. The molecule has 0 unspecified atom stereocenters. The van der Waals surface area contributed by atoms with Crippen LogP contribution in [0, 0.1) is 6.92 Å². The summed E-state index contributed by atoms with van der Waals surface area (Å²) in [5.41, 5.74) is 2.50. The van der Waals surface area contributed by atoms with Crippen molar-refractivity contribution in [3.05, 3.63) is 35.5 Å². The van der Waals surface area contributed by atoms with E-state index in [4.69, 9.17) is 4.74 Å². The predicted molar refractivity (Wildman–Crippen MR) is 63.6 cm³/mol. The van der Waals surface area contributed by atoms with E-state index < -0.39 is 0 Å². The number of carbonyl (C=O) groups is 1. The van der Waals surface area contributed by atoms with Gasteiger partial charge in [-0.1, -0.05) is 25.1 Å². The van der Waals surface area contributed by atoms with Gasteiger partial charge in [-0.2, -0.15) is 0 Å². The maximum absolute atomic E-state index is 11.9. The Balaban J connectivity index is 2.43. The van der Waals surface area contributed by atoms with Crippen molar-refractivity contribution in [1.82, 2.24) is 4.98 Å². The second kappa shape index (κ2) is 4.39. The zero-order chi connectivity index (χ0) is 11.5. The van der Waals surface area contributed by atoms with Crippen molar-refractivity contribution >= 4 is 16.9 Å². The van der Waals surface area contributed by atoms with Gasteiger partial charge in [-0.15, -0.1) is 0 Å². The molecule has 1 heterocycles. The van der Waals surface area contributed by atoms with Gasteiger partial charge in [0.05, 0.1) is 12.2 Å². The third-order valence-corrected chi connectivity index (χ3v) is 2.53. The van der Waals surface area contributed by atoms with Gasteiger partial charge in [-0.25, -0.2) is 4.79 Å². The number of carbonyl (C=O) groups excluding carboxylic acids is 1. The molecule has 1 N–H and O–H groups in total. The number of aryl methyl sites for hydroxylation is 1. The minimum atomic E-state index is -0.239. The van der Waals surface area contributed by atoms with E-state index in [1.54, 1.807) is 0 Å². The van der Waals surface area contributed by atoms with Gasteiger partial charge >= 0.3 is 5.97 Å². The van der Waals surface area contributed by atoms with Crippen LogP contribution in [-0.4, -0.2) is 17.6 Å². The Bertz CT molecular complexity index is 514. The number of ether oxygens (including phenoxy) is 1. The normalized spacial score (nSPS) is 10.6. The highest BCUT2D eigenvalue weighted by atomic mass is 16.5. The van der Waals surface area contributed by atoms with Gasteiger partial charge in [0.15, 0.2) is 0 Å². The minimum absolute atomic E-state index is 0.239. The second-order valence-corrected chi connectivity index (χ2v) is 3.81. The summed E-state index contributed by atoms with van der Waals surface area (Å²) in [5, 5.41) is 0.932. The van der Waals surface area contributed by atoms with E-state index >= 15 is 0 Å². The predicted octanol–water partition coefficient (Wildman–Crippen LogP) is 3.04. The average molecular weight is 217 g/mol. The zero-order valence-electron chi connectivity index (χ0n) is 9.54. The number of para-hydroxylation sites is 1. The van der Waals surface area contributed by atoms with Crippen molar-refractivity contribution in [3.8, 4) is 0 Å². The number of hydrogen-bond donors (Lipinski definition) is 1. The quantitative estimate of drug-likeness (QED) is 0.803. The van der Waals surface area contributed by atoms with Crippen molar-refractivity contribution in [2.45, 2.75) is 20.3 Å². The molecule has 2 rings (SSSR count). The molecule has 0 radical (unpaired) electrons. The van der Waals surface area contributed by atoms with Crippen LogP contribution in [0.1, 0.15) is 29.4 Å². The summed E-state index contributed by atoms with van der Waals surface area (Å²) in [6, 6.07) is 7.76. The highest BCUT2D eigenvalue weighted by molar-refractivity contribution is 6.05. The fraction of sp³-hybridized carbons (Fsp3) is 0.308. The number of aromatic amines is 1. The SMILES string of the molecule is CCCOC(=O)c1c(C)[nH]c2ccccc12. The largest absolute Gasteiger partial charge is 0.462 e. The first-order valence-electron chi connectivity index (χ1n) is 5.48. The number of hydrogen-bond acceptors (Lipinski definition) is 2. The molecule has 0 saturated carbocycles. The first kappa shape index (κ1) is 10.7. The summed E-state index contributed by atoms with van der Waals surface area (Å²) in [6.45, 7) is 4.34. The molecule has 3 heteroatoms. The number of nitrogens with one attached hydrogen (secondary N) is 1. The maximum Gasteiger partial charge on any atom is 0.340 e. The maximum atomic E-state index is 11.9.